The van der Waals surface area contributed by atoms with Crippen LogP contribution in [-0.2, 0) is 11.3 Å². The minimum atomic E-state index is -0.369. The molecule has 184 valence electrons. The largest absolute Gasteiger partial charge is 0.347 e. The number of likely N-dealkylation sites (tertiary alicyclic amines) is 1. The Morgan fingerprint density at radius 2 is 1.86 bits per heavy atom. The molecule has 3 aromatic rings. The van der Waals surface area contributed by atoms with Gasteiger partial charge in [0.25, 0.3) is 5.91 Å². The highest BCUT2D eigenvalue weighted by atomic mass is 16.5. The van der Waals surface area contributed by atoms with Crippen LogP contribution in [0, 0.1) is 12.8 Å². The van der Waals surface area contributed by atoms with Gasteiger partial charge in [-0.3, -0.25) is 14.5 Å². The van der Waals surface area contributed by atoms with Crippen LogP contribution in [-0.4, -0.2) is 45.5 Å². The number of anilines is 1. The van der Waals surface area contributed by atoms with Gasteiger partial charge in [0.15, 0.2) is 0 Å². The minimum absolute atomic E-state index is 0.0863. The fourth-order valence-electron chi connectivity index (χ4n) is 4.29. The number of amides is 2. The van der Waals surface area contributed by atoms with E-state index in [1.807, 2.05) is 58.0 Å². The quantitative estimate of drug-likeness (QED) is 0.547. The highest BCUT2D eigenvalue weighted by Crippen LogP contribution is 2.24. The predicted molar refractivity (Wildman–Crippen MR) is 135 cm³/mol. The third-order valence-electron chi connectivity index (χ3n) is 6.01. The van der Waals surface area contributed by atoms with Crippen molar-refractivity contribution in [1.29, 1.82) is 0 Å². The Balaban J connectivity index is 1.39. The first-order valence-corrected chi connectivity index (χ1v) is 12.0. The van der Waals surface area contributed by atoms with Crippen molar-refractivity contribution in [2.24, 2.45) is 5.92 Å². The topological polar surface area (TPSA) is 100 Å². The highest BCUT2D eigenvalue weighted by molar-refractivity contribution is 6.04. The Morgan fingerprint density at radius 1 is 1.11 bits per heavy atom. The molecule has 1 aromatic heterocycles. The number of aryl methyl sites for hydroxylation is 1. The smallest absolute Gasteiger partial charge is 0.253 e. The molecule has 0 spiro atoms. The summed E-state index contributed by atoms with van der Waals surface area (Å²) in [5.74, 6) is 0.626. The summed E-state index contributed by atoms with van der Waals surface area (Å²) in [6.07, 6.45) is 1.68. The van der Waals surface area contributed by atoms with E-state index in [-0.39, 0.29) is 23.3 Å². The molecule has 4 rings (SSSR count). The van der Waals surface area contributed by atoms with Crippen molar-refractivity contribution < 1.29 is 14.1 Å². The van der Waals surface area contributed by atoms with Gasteiger partial charge in [-0.1, -0.05) is 41.6 Å². The number of rotatable bonds is 6. The Labute approximate surface area is 206 Å². The molecular weight excluding hydrogens is 442 g/mol. The van der Waals surface area contributed by atoms with E-state index in [0.717, 1.165) is 30.5 Å². The average Bonchev–Trinajstić information content (AvgIpc) is 3.27. The van der Waals surface area contributed by atoms with Crippen LogP contribution in [0.1, 0.15) is 55.4 Å². The lowest BCUT2D eigenvalue weighted by Gasteiger charge is -2.31. The normalized spacial score (nSPS) is 16.6. The Kier molecular flexibility index (Phi) is 7.31. The molecule has 1 saturated heterocycles. The van der Waals surface area contributed by atoms with Crippen LogP contribution in [0.5, 0.6) is 0 Å². The van der Waals surface area contributed by atoms with Crippen LogP contribution in [0.15, 0.2) is 53.1 Å². The minimum Gasteiger partial charge on any atom is -0.347 e. The van der Waals surface area contributed by atoms with Crippen molar-refractivity contribution in [3.05, 3.63) is 65.5 Å². The van der Waals surface area contributed by atoms with E-state index in [1.54, 1.807) is 18.2 Å². The van der Waals surface area contributed by atoms with Gasteiger partial charge in [-0.05, 0) is 64.8 Å². The zero-order valence-electron chi connectivity index (χ0n) is 20.8. The summed E-state index contributed by atoms with van der Waals surface area (Å²) in [7, 11) is 0. The third kappa shape index (κ3) is 6.33. The van der Waals surface area contributed by atoms with Crippen molar-refractivity contribution in [2.75, 3.05) is 18.4 Å². The molecule has 8 nitrogen and oxygen atoms in total. The van der Waals surface area contributed by atoms with E-state index < -0.39 is 0 Å². The molecule has 0 radical (unpaired) electrons. The monoisotopic (exact) mass is 475 g/mol. The average molecular weight is 476 g/mol. The standard InChI is InChI=1S/C27H33N5O3/c1-18-10-5-6-12-20(18)24-29-23(35-31-24)17-32-15-9-11-19(16-32)25(33)28-22-14-8-7-13-21(22)26(34)30-27(2,3)4/h5-8,10,12-14,19H,9,11,15-17H2,1-4H3,(H,28,33)(H,30,34). The summed E-state index contributed by atoms with van der Waals surface area (Å²) < 4.78 is 5.50. The molecule has 1 aliphatic heterocycles. The number of benzene rings is 2. The molecule has 8 heteroatoms. The zero-order chi connectivity index (χ0) is 25.0. The van der Waals surface area contributed by atoms with Crippen molar-refractivity contribution in [3.63, 3.8) is 0 Å². The van der Waals surface area contributed by atoms with E-state index in [1.165, 1.54) is 0 Å². The van der Waals surface area contributed by atoms with Gasteiger partial charge in [0.1, 0.15) is 0 Å². The number of aromatic nitrogens is 2. The second kappa shape index (κ2) is 10.4. The first-order valence-electron chi connectivity index (χ1n) is 12.0. The summed E-state index contributed by atoms with van der Waals surface area (Å²) >= 11 is 0. The molecule has 35 heavy (non-hydrogen) atoms. The fraction of sp³-hybridized carbons (Fsp3) is 0.407. The molecule has 2 amide bonds. The lowest BCUT2D eigenvalue weighted by Crippen LogP contribution is -2.42. The van der Waals surface area contributed by atoms with Gasteiger partial charge in [0, 0.05) is 17.6 Å². The van der Waals surface area contributed by atoms with Crippen LogP contribution in [0.2, 0.25) is 0 Å². The molecule has 1 unspecified atom stereocenters. The van der Waals surface area contributed by atoms with Gasteiger partial charge in [-0.25, -0.2) is 0 Å². The lowest BCUT2D eigenvalue weighted by atomic mass is 9.96. The van der Waals surface area contributed by atoms with Gasteiger partial charge in [0.05, 0.1) is 23.7 Å². The Bertz CT molecular complexity index is 1200. The molecule has 1 aliphatic rings. The number of hydrogen-bond acceptors (Lipinski definition) is 6. The molecule has 1 fully saturated rings. The van der Waals surface area contributed by atoms with Gasteiger partial charge >= 0.3 is 0 Å². The van der Waals surface area contributed by atoms with Crippen molar-refractivity contribution in [1.82, 2.24) is 20.4 Å². The van der Waals surface area contributed by atoms with Gasteiger partial charge < -0.3 is 15.2 Å². The van der Waals surface area contributed by atoms with E-state index in [9.17, 15) is 9.59 Å². The Morgan fingerprint density at radius 3 is 2.63 bits per heavy atom. The summed E-state index contributed by atoms with van der Waals surface area (Å²) in [5, 5.41) is 10.1. The second-order valence-corrected chi connectivity index (χ2v) is 10.1. The Hall–Kier alpha value is -3.52. The first kappa shape index (κ1) is 24.6. The number of carbonyl (C=O) groups excluding carboxylic acids is 2. The summed E-state index contributed by atoms with van der Waals surface area (Å²) in [6, 6.07) is 15.0. The second-order valence-electron chi connectivity index (χ2n) is 10.1. The van der Waals surface area contributed by atoms with Crippen molar-refractivity contribution in [3.8, 4) is 11.4 Å². The van der Waals surface area contributed by atoms with Crippen LogP contribution >= 0.6 is 0 Å². The van der Waals surface area contributed by atoms with Gasteiger partial charge in [-0.15, -0.1) is 0 Å². The molecule has 1 atom stereocenters. The third-order valence-corrected chi connectivity index (χ3v) is 6.01. The number of nitrogens with zero attached hydrogens (tertiary/aromatic N) is 3. The molecule has 0 aliphatic carbocycles. The van der Waals surface area contributed by atoms with Gasteiger partial charge in [-0.2, -0.15) is 4.98 Å². The number of hydrogen-bond donors (Lipinski definition) is 2. The lowest BCUT2D eigenvalue weighted by molar-refractivity contribution is -0.121. The van der Waals surface area contributed by atoms with Crippen molar-refractivity contribution in [2.45, 2.75) is 52.6 Å². The number of carbonyl (C=O) groups is 2. The van der Waals surface area contributed by atoms with E-state index in [0.29, 0.717) is 36.1 Å². The fourth-order valence-corrected chi connectivity index (χ4v) is 4.29. The molecule has 2 aromatic carbocycles. The number of piperidine rings is 1. The van der Waals surface area contributed by atoms with Crippen LogP contribution < -0.4 is 10.6 Å². The van der Waals surface area contributed by atoms with Gasteiger partial charge in [0.2, 0.25) is 17.6 Å². The maximum Gasteiger partial charge on any atom is 0.253 e. The zero-order valence-corrected chi connectivity index (χ0v) is 20.8. The van der Waals surface area contributed by atoms with E-state index >= 15 is 0 Å². The SMILES string of the molecule is Cc1ccccc1-c1noc(CN2CCCC(C(=O)Nc3ccccc3C(=O)NC(C)(C)C)C2)n1. The summed E-state index contributed by atoms with van der Waals surface area (Å²) in [6.45, 7) is 9.74. The maximum atomic E-state index is 13.1. The molecule has 2 heterocycles. The molecule has 0 saturated carbocycles. The maximum absolute atomic E-state index is 13.1. The van der Waals surface area contributed by atoms with Crippen LogP contribution in [0.4, 0.5) is 5.69 Å². The van der Waals surface area contributed by atoms with E-state index in [2.05, 4.69) is 25.7 Å². The van der Waals surface area contributed by atoms with Crippen LogP contribution in [0.25, 0.3) is 11.4 Å². The van der Waals surface area contributed by atoms with Crippen molar-refractivity contribution >= 4 is 17.5 Å². The first-order chi connectivity index (χ1) is 16.7. The molecule has 2 N–H and O–H groups in total. The predicted octanol–water partition coefficient (Wildman–Crippen LogP) is 4.42. The highest BCUT2D eigenvalue weighted by Gasteiger charge is 2.28. The number of nitrogens with one attached hydrogen (secondary N) is 2. The van der Waals surface area contributed by atoms with E-state index in [4.69, 9.17) is 4.52 Å². The summed E-state index contributed by atoms with van der Waals surface area (Å²) in [5.41, 5.74) is 2.65. The molecule has 0 bridgehead atoms. The number of para-hydroxylation sites is 1. The molecular formula is C27H33N5O3. The van der Waals surface area contributed by atoms with Crippen LogP contribution in [0.3, 0.4) is 0 Å². The summed E-state index contributed by atoms with van der Waals surface area (Å²) in [4.78, 5) is 32.6.